The molecule has 1 N–H and O–H groups in total. The molecule has 6 heteroatoms. The molecule has 0 radical (unpaired) electrons. The van der Waals surface area contributed by atoms with Crippen molar-refractivity contribution < 1.29 is 14.0 Å². The van der Waals surface area contributed by atoms with E-state index in [2.05, 4.69) is 5.32 Å². The van der Waals surface area contributed by atoms with Gasteiger partial charge in [-0.2, -0.15) is 0 Å². The monoisotopic (exact) mass is 406 g/mol. The number of imide groups is 1. The third-order valence-electron chi connectivity index (χ3n) is 4.66. The summed E-state index contributed by atoms with van der Waals surface area (Å²) in [6, 6.07) is 19.5. The second-order valence-corrected chi connectivity index (χ2v) is 7.06. The maximum absolute atomic E-state index is 13.3. The van der Waals surface area contributed by atoms with Gasteiger partial charge in [0, 0.05) is 10.7 Å². The lowest BCUT2D eigenvalue weighted by Gasteiger charge is -2.18. The highest BCUT2D eigenvalue weighted by Crippen LogP contribution is 2.35. The molecule has 1 aliphatic heterocycles. The standard InChI is InChI=1S/C23H16ClFN2O2/c1-14-13-16(24)7-12-19(14)27-22(28)20(15-5-3-2-4-6-15)21(23(27)29)26-18-10-8-17(25)9-11-18/h2-13,26H,1H3. The number of hydrogen-bond acceptors (Lipinski definition) is 3. The van der Waals surface area contributed by atoms with E-state index in [4.69, 9.17) is 11.6 Å². The Kier molecular flexibility index (Phi) is 4.91. The fraction of sp³-hybridized carbons (Fsp3) is 0.0435. The Morgan fingerprint density at radius 1 is 0.897 bits per heavy atom. The summed E-state index contributed by atoms with van der Waals surface area (Å²) in [5.41, 5.74) is 2.69. The number of aryl methyl sites for hydroxylation is 1. The topological polar surface area (TPSA) is 49.4 Å². The van der Waals surface area contributed by atoms with E-state index in [1.807, 2.05) is 6.07 Å². The second-order valence-electron chi connectivity index (χ2n) is 6.62. The maximum atomic E-state index is 13.3. The molecule has 4 rings (SSSR count). The molecule has 3 aromatic rings. The van der Waals surface area contributed by atoms with E-state index < -0.39 is 11.8 Å². The summed E-state index contributed by atoms with van der Waals surface area (Å²) in [7, 11) is 0. The molecule has 0 fully saturated rings. The number of hydrogen-bond donors (Lipinski definition) is 1. The van der Waals surface area contributed by atoms with Crippen molar-refractivity contribution in [2.24, 2.45) is 0 Å². The highest BCUT2D eigenvalue weighted by molar-refractivity contribution is 6.46. The fourth-order valence-corrected chi connectivity index (χ4v) is 3.51. The van der Waals surface area contributed by atoms with Crippen molar-refractivity contribution in [1.29, 1.82) is 0 Å². The van der Waals surface area contributed by atoms with Crippen molar-refractivity contribution >= 4 is 40.4 Å². The second kappa shape index (κ2) is 7.53. The minimum atomic E-state index is -0.483. The first-order chi connectivity index (χ1) is 14.0. The van der Waals surface area contributed by atoms with Crippen LogP contribution in [0.1, 0.15) is 11.1 Å². The quantitative estimate of drug-likeness (QED) is 0.607. The van der Waals surface area contributed by atoms with E-state index in [0.29, 0.717) is 27.5 Å². The number of carbonyl (C=O) groups is 2. The molecule has 0 atom stereocenters. The number of halogens is 2. The molecule has 0 spiro atoms. The van der Waals surface area contributed by atoms with Gasteiger partial charge in [0.25, 0.3) is 11.8 Å². The van der Waals surface area contributed by atoms with Crippen LogP contribution in [0.3, 0.4) is 0 Å². The summed E-state index contributed by atoms with van der Waals surface area (Å²) in [5, 5.41) is 3.52. The summed E-state index contributed by atoms with van der Waals surface area (Å²) in [5.74, 6) is -1.31. The van der Waals surface area contributed by atoms with Gasteiger partial charge in [-0.05, 0) is 60.5 Å². The van der Waals surface area contributed by atoms with Gasteiger partial charge in [-0.15, -0.1) is 0 Å². The van der Waals surface area contributed by atoms with Crippen LogP contribution in [0.25, 0.3) is 5.57 Å². The van der Waals surface area contributed by atoms with Crippen molar-refractivity contribution in [2.75, 3.05) is 10.2 Å². The molecule has 0 saturated carbocycles. The third kappa shape index (κ3) is 3.52. The van der Waals surface area contributed by atoms with E-state index in [1.165, 1.54) is 24.3 Å². The van der Waals surface area contributed by atoms with Crippen molar-refractivity contribution in [3.05, 3.63) is 100 Å². The van der Waals surface area contributed by atoms with Crippen LogP contribution < -0.4 is 10.2 Å². The summed E-state index contributed by atoms with van der Waals surface area (Å²) in [6.45, 7) is 1.79. The predicted molar refractivity (Wildman–Crippen MR) is 112 cm³/mol. The normalized spacial score (nSPS) is 14.0. The summed E-state index contributed by atoms with van der Waals surface area (Å²) < 4.78 is 13.3. The molecular formula is C23H16ClFN2O2. The summed E-state index contributed by atoms with van der Waals surface area (Å²) in [6.07, 6.45) is 0. The SMILES string of the molecule is Cc1cc(Cl)ccc1N1C(=O)C(Nc2ccc(F)cc2)=C(c2ccccc2)C1=O. The van der Waals surface area contributed by atoms with Crippen LogP contribution in [0.2, 0.25) is 5.02 Å². The van der Waals surface area contributed by atoms with Crippen LogP contribution >= 0.6 is 11.6 Å². The number of rotatable bonds is 4. The van der Waals surface area contributed by atoms with Gasteiger partial charge in [0.05, 0.1) is 11.3 Å². The van der Waals surface area contributed by atoms with Crippen LogP contribution in [0.5, 0.6) is 0 Å². The molecule has 4 nitrogen and oxygen atoms in total. The van der Waals surface area contributed by atoms with Crippen LogP contribution in [-0.2, 0) is 9.59 Å². The van der Waals surface area contributed by atoms with Crippen LogP contribution in [0, 0.1) is 12.7 Å². The lowest BCUT2D eigenvalue weighted by molar-refractivity contribution is -0.120. The number of carbonyl (C=O) groups excluding carboxylic acids is 2. The van der Waals surface area contributed by atoms with E-state index in [0.717, 1.165) is 4.90 Å². The van der Waals surface area contributed by atoms with Gasteiger partial charge in [0.2, 0.25) is 0 Å². The zero-order valence-corrected chi connectivity index (χ0v) is 16.2. The third-order valence-corrected chi connectivity index (χ3v) is 4.89. The Labute approximate surface area is 172 Å². The molecule has 0 bridgehead atoms. The minimum absolute atomic E-state index is 0.141. The van der Waals surface area contributed by atoms with Crippen molar-refractivity contribution in [1.82, 2.24) is 0 Å². The van der Waals surface area contributed by atoms with Gasteiger partial charge in [-0.25, -0.2) is 9.29 Å². The zero-order valence-electron chi connectivity index (χ0n) is 15.4. The lowest BCUT2D eigenvalue weighted by Crippen LogP contribution is -2.33. The van der Waals surface area contributed by atoms with Crippen LogP contribution in [0.15, 0.2) is 78.5 Å². The van der Waals surface area contributed by atoms with Gasteiger partial charge in [-0.3, -0.25) is 9.59 Å². The predicted octanol–water partition coefficient (Wildman–Crippen LogP) is 5.18. The molecule has 3 aromatic carbocycles. The first kappa shape index (κ1) is 18.9. The fourth-order valence-electron chi connectivity index (χ4n) is 3.28. The number of nitrogens with zero attached hydrogens (tertiary/aromatic N) is 1. The summed E-state index contributed by atoms with van der Waals surface area (Å²) in [4.78, 5) is 27.7. The number of benzene rings is 3. The van der Waals surface area contributed by atoms with Crippen LogP contribution in [0.4, 0.5) is 15.8 Å². The van der Waals surface area contributed by atoms with Gasteiger partial charge < -0.3 is 5.32 Å². The van der Waals surface area contributed by atoms with E-state index in [9.17, 15) is 14.0 Å². The lowest BCUT2D eigenvalue weighted by atomic mass is 10.0. The zero-order chi connectivity index (χ0) is 20.5. The molecule has 2 amide bonds. The maximum Gasteiger partial charge on any atom is 0.282 e. The van der Waals surface area contributed by atoms with E-state index in [-0.39, 0.29) is 17.1 Å². The smallest absolute Gasteiger partial charge is 0.282 e. The Morgan fingerprint density at radius 2 is 1.59 bits per heavy atom. The van der Waals surface area contributed by atoms with Gasteiger partial charge in [-0.1, -0.05) is 41.9 Å². The average Bonchev–Trinajstić information content (AvgIpc) is 2.94. The van der Waals surface area contributed by atoms with Gasteiger partial charge in [0.15, 0.2) is 0 Å². The van der Waals surface area contributed by atoms with E-state index >= 15 is 0 Å². The first-order valence-corrected chi connectivity index (χ1v) is 9.31. The molecule has 29 heavy (non-hydrogen) atoms. The Bertz CT molecular complexity index is 1140. The molecule has 144 valence electrons. The van der Waals surface area contributed by atoms with Gasteiger partial charge in [0.1, 0.15) is 11.5 Å². The molecule has 0 unspecified atom stereocenters. The van der Waals surface area contributed by atoms with Crippen LogP contribution in [-0.4, -0.2) is 11.8 Å². The van der Waals surface area contributed by atoms with Crippen molar-refractivity contribution in [3.8, 4) is 0 Å². The Hall–Kier alpha value is -3.44. The van der Waals surface area contributed by atoms with Crippen molar-refractivity contribution in [2.45, 2.75) is 6.92 Å². The Balaban J connectivity index is 1.82. The molecule has 0 aromatic heterocycles. The highest BCUT2D eigenvalue weighted by atomic mass is 35.5. The highest BCUT2D eigenvalue weighted by Gasteiger charge is 2.40. The molecule has 1 aliphatic rings. The Morgan fingerprint density at radius 3 is 2.24 bits per heavy atom. The van der Waals surface area contributed by atoms with Gasteiger partial charge >= 0.3 is 0 Å². The van der Waals surface area contributed by atoms with E-state index in [1.54, 1.807) is 49.4 Å². The number of nitrogens with one attached hydrogen (secondary N) is 1. The minimum Gasteiger partial charge on any atom is -0.350 e. The number of amides is 2. The largest absolute Gasteiger partial charge is 0.350 e. The molecule has 1 heterocycles. The molecule has 0 aliphatic carbocycles. The summed E-state index contributed by atoms with van der Waals surface area (Å²) >= 11 is 6.03. The average molecular weight is 407 g/mol. The number of anilines is 2. The van der Waals surface area contributed by atoms with Crippen molar-refractivity contribution in [3.63, 3.8) is 0 Å². The molecule has 0 saturated heterocycles. The first-order valence-electron chi connectivity index (χ1n) is 8.93. The molecular weight excluding hydrogens is 391 g/mol.